The second-order valence-corrected chi connectivity index (χ2v) is 18.6. The van der Waals surface area contributed by atoms with Crippen LogP contribution in [0.3, 0.4) is 0 Å². The number of likely N-dealkylation sites (N-methyl/N-ethyl adjacent to an activating group) is 2. The summed E-state index contributed by atoms with van der Waals surface area (Å²) in [6.45, 7) is 14.8. The van der Waals surface area contributed by atoms with Gasteiger partial charge in [0.1, 0.15) is 34.0 Å². The van der Waals surface area contributed by atoms with Crippen molar-refractivity contribution in [2.75, 3.05) is 89.8 Å². The third kappa shape index (κ3) is 8.70. The van der Waals surface area contributed by atoms with Crippen LogP contribution in [0.25, 0.3) is 31.6 Å². The number of hydrogen-bond acceptors (Lipinski definition) is 12. The third-order valence-electron chi connectivity index (χ3n) is 13.0. The maximum absolute atomic E-state index is 4.75. The van der Waals surface area contributed by atoms with E-state index in [9.17, 15) is 0 Å². The van der Waals surface area contributed by atoms with Gasteiger partial charge in [-0.05, 0) is 123 Å². The Bertz CT molecular complexity index is 1990. The highest BCUT2D eigenvalue weighted by Crippen LogP contribution is 2.39. The number of fused-ring (bicyclic) bond motifs is 2. The number of thiophene rings is 2. The molecule has 12 heteroatoms. The van der Waals surface area contributed by atoms with Gasteiger partial charge in [0.2, 0.25) is 0 Å². The van der Waals surface area contributed by atoms with E-state index in [0.717, 1.165) is 59.4 Å². The van der Waals surface area contributed by atoms with Crippen LogP contribution in [0.15, 0.2) is 48.4 Å². The summed E-state index contributed by atoms with van der Waals surface area (Å²) in [4.78, 5) is 34.5. The topological polar surface area (TPSA) is 79.8 Å². The molecule has 1 aromatic carbocycles. The van der Waals surface area contributed by atoms with Gasteiger partial charge in [0.05, 0.1) is 10.8 Å². The van der Waals surface area contributed by atoms with E-state index >= 15 is 0 Å². The van der Waals surface area contributed by atoms with E-state index in [1.807, 2.05) is 0 Å². The molecule has 4 aliphatic rings. The second-order valence-electron chi connectivity index (χ2n) is 16.6. The number of likely N-dealkylation sites (tertiary alicyclic amines) is 2. The highest BCUT2D eigenvalue weighted by Gasteiger charge is 2.32. The van der Waals surface area contributed by atoms with E-state index < -0.39 is 0 Å². The second kappa shape index (κ2) is 17.5. The molecule has 4 aliphatic heterocycles. The summed E-state index contributed by atoms with van der Waals surface area (Å²) in [6.07, 6.45) is 12.3. The van der Waals surface area contributed by atoms with Gasteiger partial charge in [0.15, 0.2) is 0 Å². The summed E-state index contributed by atoms with van der Waals surface area (Å²) < 4.78 is 0. The van der Waals surface area contributed by atoms with Crippen molar-refractivity contribution in [2.45, 2.75) is 76.9 Å². The first-order chi connectivity index (χ1) is 26.8. The lowest BCUT2D eigenvalue weighted by Gasteiger charge is -2.40. The smallest absolute Gasteiger partial charge is 0.141 e. The van der Waals surface area contributed by atoms with Crippen LogP contribution in [0.4, 0.5) is 11.6 Å². The van der Waals surface area contributed by atoms with E-state index in [1.54, 1.807) is 35.3 Å². The fourth-order valence-electron chi connectivity index (χ4n) is 9.26. The molecule has 10 nitrogen and oxygen atoms in total. The zero-order valence-electron chi connectivity index (χ0n) is 33.6. The summed E-state index contributed by atoms with van der Waals surface area (Å²) >= 11 is 3.51. The Balaban J connectivity index is 0.000000156. The number of hydrogen-bond donors (Lipinski definition) is 1. The summed E-state index contributed by atoms with van der Waals surface area (Å²) in [5.41, 5.74) is 3.86. The molecule has 5 aromatic rings. The number of anilines is 2. The van der Waals surface area contributed by atoms with Crippen molar-refractivity contribution < 1.29 is 0 Å². The zero-order chi connectivity index (χ0) is 37.9. The van der Waals surface area contributed by atoms with Crippen molar-refractivity contribution >= 4 is 54.7 Å². The molecule has 55 heavy (non-hydrogen) atoms. The molecule has 0 amide bonds. The Morgan fingerprint density at radius 1 is 0.709 bits per heavy atom. The van der Waals surface area contributed by atoms with Gasteiger partial charge >= 0.3 is 0 Å². The average Bonchev–Trinajstić information content (AvgIpc) is 3.95. The van der Waals surface area contributed by atoms with E-state index in [0.29, 0.717) is 12.1 Å². The predicted molar refractivity (Wildman–Crippen MR) is 232 cm³/mol. The largest absolute Gasteiger partial charge is 0.356 e. The normalized spacial score (nSPS) is 21.2. The first-order valence-corrected chi connectivity index (χ1v) is 22.3. The first kappa shape index (κ1) is 38.6. The Kier molecular flexibility index (Phi) is 12.3. The van der Waals surface area contributed by atoms with Gasteiger partial charge < -0.3 is 24.9 Å². The molecule has 0 saturated carbocycles. The van der Waals surface area contributed by atoms with Crippen molar-refractivity contribution in [1.82, 2.24) is 40.0 Å². The quantitative estimate of drug-likeness (QED) is 0.175. The highest BCUT2D eigenvalue weighted by molar-refractivity contribution is 7.18. The van der Waals surface area contributed by atoms with Gasteiger partial charge in [0.25, 0.3) is 0 Å². The lowest BCUT2D eigenvalue weighted by molar-refractivity contribution is 0.151. The van der Waals surface area contributed by atoms with Gasteiger partial charge in [-0.15, -0.1) is 22.7 Å². The summed E-state index contributed by atoms with van der Waals surface area (Å²) in [7, 11) is 6.80. The maximum atomic E-state index is 4.75. The van der Waals surface area contributed by atoms with E-state index in [-0.39, 0.29) is 0 Å². The fraction of sp³-hybridized carbons (Fsp3) is 0.581. The number of aromatic nitrogens is 4. The minimum Gasteiger partial charge on any atom is -0.356 e. The van der Waals surface area contributed by atoms with Crippen molar-refractivity contribution in [1.29, 1.82) is 0 Å². The van der Waals surface area contributed by atoms with Gasteiger partial charge in [-0.25, -0.2) is 19.9 Å². The molecule has 4 aromatic heterocycles. The average molecular weight is 781 g/mol. The van der Waals surface area contributed by atoms with Crippen LogP contribution in [-0.2, 0) is 0 Å². The number of nitrogens with zero attached hydrogens (tertiary/aromatic N) is 9. The van der Waals surface area contributed by atoms with Crippen LogP contribution >= 0.6 is 22.7 Å². The van der Waals surface area contributed by atoms with Crippen molar-refractivity contribution in [3.8, 4) is 11.1 Å². The number of rotatable bonds is 8. The lowest BCUT2D eigenvalue weighted by Crippen LogP contribution is -2.48. The van der Waals surface area contributed by atoms with Crippen LogP contribution in [0.1, 0.15) is 55.4 Å². The van der Waals surface area contributed by atoms with Gasteiger partial charge in [-0.2, -0.15) is 0 Å². The van der Waals surface area contributed by atoms with Gasteiger partial charge in [0, 0.05) is 66.7 Å². The van der Waals surface area contributed by atoms with Crippen LogP contribution in [0, 0.1) is 19.8 Å². The molecule has 0 aliphatic carbocycles. The molecule has 8 heterocycles. The van der Waals surface area contributed by atoms with Gasteiger partial charge in [-0.3, -0.25) is 4.90 Å². The fourth-order valence-corrected chi connectivity index (χ4v) is 11.2. The molecule has 1 N–H and O–H groups in total. The van der Waals surface area contributed by atoms with E-state index in [2.05, 4.69) is 115 Å². The first-order valence-electron chi connectivity index (χ1n) is 20.6. The molecular weight excluding hydrogens is 721 g/mol. The van der Waals surface area contributed by atoms with Crippen LogP contribution in [-0.4, -0.2) is 133 Å². The Morgan fingerprint density at radius 3 is 2.00 bits per heavy atom. The molecule has 9 rings (SSSR count). The zero-order valence-corrected chi connectivity index (χ0v) is 35.2. The Labute approximate surface area is 336 Å². The van der Waals surface area contributed by atoms with E-state index in [1.165, 1.54) is 110 Å². The molecule has 0 radical (unpaired) electrons. The lowest BCUT2D eigenvalue weighted by atomic mass is 9.95. The van der Waals surface area contributed by atoms with E-state index in [4.69, 9.17) is 4.98 Å². The molecular formula is C43H60N10S2. The third-order valence-corrected chi connectivity index (χ3v) is 15.0. The Morgan fingerprint density at radius 2 is 1.33 bits per heavy atom. The number of benzene rings is 1. The molecule has 294 valence electrons. The highest BCUT2D eigenvalue weighted by atomic mass is 32.1. The maximum Gasteiger partial charge on any atom is 0.141 e. The molecule has 0 bridgehead atoms. The number of aryl methyl sites for hydroxylation is 2. The van der Waals surface area contributed by atoms with Crippen LogP contribution in [0.2, 0.25) is 0 Å². The molecule has 4 saturated heterocycles. The minimum absolute atomic E-state index is 0.677. The molecule has 4 fully saturated rings. The summed E-state index contributed by atoms with van der Waals surface area (Å²) in [6, 6.07) is 12.7. The monoisotopic (exact) mass is 780 g/mol. The SMILES string of the molecule is CN1CCC(N(C)C2CCN(c3ncnc4scc(-c5ccccc5)c34)CC2)C1.Cc1sc2ncnc(N3CCC(CNC4CCN(C)CC4)CC3)c2c1C. The molecule has 0 spiro atoms. The van der Waals surface area contributed by atoms with Crippen molar-refractivity contribution in [3.05, 3.63) is 58.8 Å². The van der Waals surface area contributed by atoms with Crippen molar-refractivity contribution in [2.24, 2.45) is 5.92 Å². The Hall–Kier alpha value is -3.26. The van der Waals surface area contributed by atoms with Crippen LogP contribution in [0.5, 0.6) is 0 Å². The summed E-state index contributed by atoms with van der Waals surface area (Å²) in [5.74, 6) is 3.06. The predicted octanol–water partition coefficient (Wildman–Crippen LogP) is 7.17. The minimum atomic E-state index is 0.677. The molecule has 1 unspecified atom stereocenters. The number of nitrogens with one attached hydrogen (secondary N) is 1. The van der Waals surface area contributed by atoms with Crippen LogP contribution < -0.4 is 15.1 Å². The molecule has 1 atom stereocenters. The standard InChI is InChI=1S/C23H29N5S.C20H31N5S/c1-26-11-8-19(14-26)27(2)18-9-12-28(13-10-18)22-21-20(17-6-4-3-5-7-17)15-29-23(21)25-16-24-22;1-14-15(2)26-20-18(14)19(22-13-23-20)25-10-4-16(5-11-25)12-21-17-6-8-24(3)9-7-17/h3-7,15-16,18-19H,8-14H2,1-2H3;13,16-17,21H,4-12H2,1-3H3. The van der Waals surface area contributed by atoms with Crippen molar-refractivity contribution in [3.63, 3.8) is 0 Å². The number of piperidine rings is 3. The van der Waals surface area contributed by atoms with Gasteiger partial charge in [-0.1, -0.05) is 30.3 Å². The summed E-state index contributed by atoms with van der Waals surface area (Å²) in [5, 5.41) is 8.56.